The molecule has 0 aliphatic heterocycles. The van der Waals surface area contributed by atoms with Crippen molar-refractivity contribution in [1.82, 2.24) is 0 Å². The predicted octanol–water partition coefficient (Wildman–Crippen LogP) is 3.77. The van der Waals surface area contributed by atoms with Crippen molar-refractivity contribution in [3.05, 3.63) is 54.0 Å². The molecular weight excluding hydrogens is 256 g/mol. The highest BCUT2D eigenvalue weighted by Crippen LogP contribution is 2.31. The van der Waals surface area contributed by atoms with E-state index in [0.717, 1.165) is 17.1 Å². The fourth-order valence-electron chi connectivity index (χ4n) is 1.37. The van der Waals surface area contributed by atoms with E-state index in [4.69, 9.17) is 9.15 Å². The minimum absolute atomic E-state index is 0.0957. The summed E-state index contributed by atoms with van der Waals surface area (Å²) in [6.07, 6.45) is 1.67. The zero-order valence-corrected chi connectivity index (χ0v) is 9.90. The van der Waals surface area contributed by atoms with Gasteiger partial charge in [-0.25, -0.2) is 0 Å². The summed E-state index contributed by atoms with van der Waals surface area (Å²) in [6.45, 7) is 0. The van der Waals surface area contributed by atoms with Crippen molar-refractivity contribution in [3.63, 3.8) is 0 Å². The molecule has 0 bridgehead atoms. The monoisotopic (exact) mass is 266 g/mol. The lowest BCUT2D eigenvalue weighted by molar-refractivity contribution is 0.414. The van der Waals surface area contributed by atoms with Crippen LogP contribution in [0.3, 0.4) is 0 Å². The van der Waals surface area contributed by atoms with Crippen LogP contribution in [-0.2, 0) is 0 Å². The summed E-state index contributed by atoms with van der Waals surface area (Å²) in [4.78, 5) is 0.0957. The van der Waals surface area contributed by atoms with Gasteiger partial charge in [0.05, 0.1) is 18.2 Å². The summed E-state index contributed by atoms with van der Waals surface area (Å²) in [5.74, 6) is 1.76. The quantitative estimate of drug-likeness (QED) is 0.790. The van der Waals surface area contributed by atoms with Gasteiger partial charge in [0, 0.05) is 0 Å². The third-order valence-corrected chi connectivity index (χ3v) is 3.18. The van der Waals surface area contributed by atoms with Gasteiger partial charge in [-0.3, -0.25) is 0 Å². The largest absolute Gasteiger partial charge is 0.497 e. The van der Waals surface area contributed by atoms with E-state index < -0.39 is 0 Å². The van der Waals surface area contributed by atoms with Crippen LogP contribution in [0.15, 0.2) is 47.1 Å². The standard InChI is InChI=1S/C12H11BrO2/c1-14-10-6-4-9(5-7-10)12(13)11-3-2-8-15-11/h2-8,12H,1H3. The lowest BCUT2D eigenvalue weighted by atomic mass is 10.1. The third kappa shape index (κ3) is 2.23. The Bertz CT molecular complexity index is 406. The first kappa shape index (κ1) is 10.3. The molecule has 1 aromatic heterocycles. The number of rotatable bonds is 3. The van der Waals surface area contributed by atoms with Crippen LogP contribution in [0.4, 0.5) is 0 Å². The second-order valence-corrected chi connectivity index (χ2v) is 4.07. The Balaban J connectivity index is 2.22. The Hall–Kier alpha value is -1.22. The molecular formula is C12H11BrO2. The van der Waals surface area contributed by atoms with E-state index in [1.165, 1.54) is 0 Å². The van der Waals surface area contributed by atoms with Crippen molar-refractivity contribution in [2.75, 3.05) is 7.11 Å². The second kappa shape index (κ2) is 4.53. The Morgan fingerprint density at radius 1 is 1.20 bits per heavy atom. The molecule has 0 spiro atoms. The van der Waals surface area contributed by atoms with Crippen LogP contribution in [0.1, 0.15) is 16.2 Å². The van der Waals surface area contributed by atoms with E-state index in [1.54, 1.807) is 13.4 Å². The number of hydrogen-bond acceptors (Lipinski definition) is 2. The third-order valence-electron chi connectivity index (χ3n) is 2.20. The number of benzene rings is 1. The van der Waals surface area contributed by atoms with Crippen LogP contribution in [0.2, 0.25) is 0 Å². The van der Waals surface area contributed by atoms with Crippen LogP contribution in [-0.4, -0.2) is 7.11 Å². The van der Waals surface area contributed by atoms with Gasteiger partial charge in [0.15, 0.2) is 0 Å². The van der Waals surface area contributed by atoms with Crippen molar-refractivity contribution in [2.24, 2.45) is 0 Å². The van der Waals surface area contributed by atoms with Gasteiger partial charge in [0.1, 0.15) is 11.5 Å². The van der Waals surface area contributed by atoms with E-state index in [1.807, 2.05) is 36.4 Å². The van der Waals surface area contributed by atoms with Crippen LogP contribution in [0.5, 0.6) is 5.75 Å². The van der Waals surface area contributed by atoms with Gasteiger partial charge in [-0.05, 0) is 29.8 Å². The lowest BCUT2D eigenvalue weighted by Crippen LogP contribution is -1.90. The molecule has 2 aromatic rings. The summed E-state index contributed by atoms with van der Waals surface area (Å²) >= 11 is 3.59. The highest BCUT2D eigenvalue weighted by Gasteiger charge is 2.12. The van der Waals surface area contributed by atoms with Gasteiger partial charge in [0.25, 0.3) is 0 Å². The summed E-state index contributed by atoms with van der Waals surface area (Å²) in [5.41, 5.74) is 1.14. The molecule has 0 aliphatic rings. The number of hydrogen-bond donors (Lipinski definition) is 0. The molecule has 0 saturated heterocycles. The predicted molar refractivity (Wildman–Crippen MR) is 62.5 cm³/mol. The molecule has 2 nitrogen and oxygen atoms in total. The molecule has 0 saturated carbocycles. The van der Waals surface area contributed by atoms with E-state index in [9.17, 15) is 0 Å². The Morgan fingerprint density at radius 3 is 2.47 bits per heavy atom. The van der Waals surface area contributed by atoms with Gasteiger partial charge in [-0.2, -0.15) is 0 Å². The van der Waals surface area contributed by atoms with Crippen LogP contribution >= 0.6 is 15.9 Å². The maximum Gasteiger partial charge on any atom is 0.121 e. The number of halogens is 1. The first-order valence-corrected chi connectivity index (χ1v) is 5.54. The normalized spacial score (nSPS) is 12.4. The summed E-state index contributed by atoms with van der Waals surface area (Å²) in [6, 6.07) is 11.7. The van der Waals surface area contributed by atoms with Gasteiger partial charge >= 0.3 is 0 Å². The summed E-state index contributed by atoms with van der Waals surface area (Å²) in [5, 5.41) is 0. The topological polar surface area (TPSA) is 22.4 Å². The van der Waals surface area contributed by atoms with Crippen LogP contribution < -0.4 is 4.74 Å². The number of methoxy groups -OCH3 is 1. The van der Waals surface area contributed by atoms with E-state index >= 15 is 0 Å². The smallest absolute Gasteiger partial charge is 0.121 e. The number of furan rings is 1. The van der Waals surface area contributed by atoms with Gasteiger partial charge < -0.3 is 9.15 Å². The molecule has 15 heavy (non-hydrogen) atoms. The molecule has 0 fully saturated rings. The Labute approximate surface area is 97.0 Å². The first-order valence-electron chi connectivity index (χ1n) is 4.62. The molecule has 1 aromatic carbocycles. The molecule has 0 aliphatic carbocycles. The van der Waals surface area contributed by atoms with Crippen molar-refractivity contribution >= 4 is 15.9 Å². The van der Waals surface area contributed by atoms with E-state index in [-0.39, 0.29) is 4.83 Å². The Morgan fingerprint density at radius 2 is 1.93 bits per heavy atom. The Kier molecular flexibility index (Phi) is 3.11. The molecule has 1 atom stereocenters. The molecule has 1 unspecified atom stereocenters. The van der Waals surface area contributed by atoms with Gasteiger partial charge in [0.2, 0.25) is 0 Å². The lowest BCUT2D eigenvalue weighted by Gasteiger charge is -2.07. The zero-order valence-electron chi connectivity index (χ0n) is 8.31. The fourth-order valence-corrected chi connectivity index (χ4v) is 1.94. The molecule has 78 valence electrons. The van der Waals surface area contributed by atoms with E-state index in [0.29, 0.717) is 0 Å². The average molecular weight is 267 g/mol. The number of alkyl halides is 1. The van der Waals surface area contributed by atoms with Crippen molar-refractivity contribution < 1.29 is 9.15 Å². The number of ether oxygens (including phenoxy) is 1. The minimum atomic E-state index is 0.0957. The van der Waals surface area contributed by atoms with E-state index in [2.05, 4.69) is 15.9 Å². The van der Waals surface area contributed by atoms with Gasteiger partial charge in [-0.15, -0.1) is 0 Å². The SMILES string of the molecule is COc1ccc(C(Br)c2ccco2)cc1. The van der Waals surface area contributed by atoms with Gasteiger partial charge in [-0.1, -0.05) is 28.1 Å². The van der Waals surface area contributed by atoms with Crippen molar-refractivity contribution in [2.45, 2.75) is 4.83 Å². The molecule has 0 radical (unpaired) electrons. The molecule has 0 N–H and O–H groups in total. The highest BCUT2D eigenvalue weighted by molar-refractivity contribution is 9.09. The molecule has 1 heterocycles. The van der Waals surface area contributed by atoms with Crippen molar-refractivity contribution in [1.29, 1.82) is 0 Å². The first-order chi connectivity index (χ1) is 7.31. The molecule has 2 rings (SSSR count). The summed E-state index contributed by atoms with van der Waals surface area (Å²) in [7, 11) is 1.66. The fraction of sp³-hybridized carbons (Fsp3) is 0.167. The average Bonchev–Trinajstić information content (AvgIpc) is 2.82. The summed E-state index contributed by atoms with van der Waals surface area (Å²) < 4.78 is 10.4. The minimum Gasteiger partial charge on any atom is -0.497 e. The van der Waals surface area contributed by atoms with Crippen LogP contribution in [0, 0.1) is 0 Å². The highest BCUT2D eigenvalue weighted by atomic mass is 79.9. The van der Waals surface area contributed by atoms with Crippen molar-refractivity contribution in [3.8, 4) is 5.75 Å². The molecule has 3 heteroatoms. The second-order valence-electron chi connectivity index (χ2n) is 3.15. The zero-order chi connectivity index (χ0) is 10.7. The maximum absolute atomic E-state index is 5.33. The maximum atomic E-state index is 5.33. The van der Waals surface area contributed by atoms with Crippen LogP contribution in [0.25, 0.3) is 0 Å². The molecule has 0 amide bonds.